The number of carboxylic acids is 1. The van der Waals surface area contributed by atoms with E-state index in [0.717, 1.165) is 6.42 Å². The zero-order chi connectivity index (χ0) is 17.0. The van der Waals surface area contributed by atoms with Crippen molar-refractivity contribution in [3.05, 3.63) is 0 Å². The summed E-state index contributed by atoms with van der Waals surface area (Å²) < 4.78 is 25.6. The van der Waals surface area contributed by atoms with Gasteiger partial charge in [-0.2, -0.15) is 0 Å². The number of unbranched alkanes of at least 4 members (excludes halogenated alkanes) is 1. The first-order valence-electron chi connectivity index (χ1n) is 7.63. The van der Waals surface area contributed by atoms with E-state index in [1.165, 1.54) is 18.2 Å². The topological polar surface area (TPSA) is 104 Å². The number of carbonyl (C=O) groups is 2. The number of rotatable bonds is 7. The summed E-state index contributed by atoms with van der Waals surface area (Å²) in [4.78, 5) is 23.1. The van der Waals surface area contributed by atoms with Gasteiger partial charge in [0.05, 0.1) is 5.75 Å². The first-order chi connectivity index (χ1) is 10.1. The lowest BCUT2D eigenvalue weighted by molar-refractivity contribution is -0.146. The van der Waals surface area contributed by atoms with Crippen LogP contribution >= 0.6 is 0 Å². The van der Waals surface area contributed by atoms with Gasteiger partial charge in [0.2, 0.25) is 15.9 Å². The van der Waals surface area contributed by atoms with Crippen LogP contribution in [0.2, 0.25) is 0 Å². The fourth-order valence-corrected chi connectivity index (χ4v) is 3.99. The molecule has 0 atom stereocenters. The molecule has 1 heterocycles. The van der Waals surface area contributed by atoms with E-state index in [2.05, 4.69) is 5.32 Å². The highest BCUT2D eigenvalue weighted by Gasteiger charge is 2.35. The molecule has 0 aromatic rings. The largest absolute Gasteiger partial charge is 0.480 e. The summed E-state index contributed by atoms with van der Waals surface area (Å²) in [6.45, 7) is 5.43. The molecule has 7 nitrogen and oxygen atoms in total. The number of sulfonamides is 1. The zero-order valence-electron chi connectivity index (χ0n) is 13.5. The summed E-state index contributed by atoms with van der Waals surface area (Å²) in [7, 11) is -3.24. The fraction of sp³-hybridized carbons (Fsp3) is 0.857. The molecule has 1 saturated heterocycles. The van der Waals surface area contributed by atoms with E-state index in [1.54, 1.807) is 0 Å². The molecule has 8 heteroatoms. The van der Waals surface area contributed by atoms with Crippen molar-refractivity contribution >= 4 is 21.9 Å². The van der Waals surface area contributed by atoms with Crippen molar-refractivity contribution < 1.29 is 23.1 Å². The molecule has 0 aromatic carbocycles. The van der Waals surface area contributed by atoms with Crippen LogP contribution in [-0.2, 0) is 19.6 Å². The molecule has 0 saturated carbocycles. The Hall–Kier alpha value is -1.15. The molecule has 0 spiro atoms. The maximum absolute atomic E-state index is 12.1. The molecule has 1 rings (SSSR count). The standard InChI is InChI=1S/C14H26N2O5S/c1-4-5-10-22(20,21)16-8-6-11(7-9-16)12(17)15-14(2,3)13(18)19/h11H,4-10H2,1-3H3,(H,15,17)(H,18,19). The maximum Gasteiger partial charge on any atom is 0.328 e. The van der Waals surface area contributed by atoms with E-state index in [1.807, 2.05) is 6.92 Å². The van der Waals surface area contributed by atoms with Gasteiger partial charge in [-0.05, 0) is 33.1 Å². The number of nitrogens with one attached hydrogen (secondary N) is 1. The van der Waals surface area contributed by atoms with Gasteiger partial charge in [0.25, 0.3) is 0 Å². The van der Waals surface area contributed by atoms with Crippen molar-refractivity contribution in [1.82, 2.24) is 9.62 Å². The van der Waals surface area contributed by atoms with E-state index in [9.17, 15) is 18.0 Å². The number of amides is 1. The van der Waals surface area contributed by atoms with Crippen LogP contribution in [0.4, 0.5) is 0 Å². The fourth-order valence-electron chi connectivity index (χ4n) is 2.32. The lowest BCUT2D eigenvalue weighted by atomic mass is 9.95. The smallest absolute Gasteiger partial charge is 0.328 e. The number of carbonyl (C=O) groups excluding carboxylic acids is 1. The summed E-state index contributed by atoms with van der Waals surface area (Å²) in [5, 5.41) is 11.5. The summed E-state index contributed by atoms with van der Waals surface area (Å²) >= 11 is 0. The lowest BCUT2D eigenvalue weighted by Crippen LogP contribution is -2.53. The molecule has 0 unspecified atom stereocenters. The Labute approximate surface area is 132 Å². The number of aliphatic carboxylic acids is 1. The average Bonchev–Trinajstić information content (AvgIpc) is 2.44. The van der Waals surface area contributed by atoms with Gasteiger partial charge in [-0.1, -0.05) is 13.3 Å². The number of hydrogen-bond acceptors (Lipinski definition) is 4. The van der Waals surface area contributed by atoms with Gasteiger partial charge in [-0.3, -0.25) is 4.79 Å². The average molecular weight is 334 g/mol. The number of carboxylic acid groups (broad SMARTS) is 1. The molecule has 1 aliphatic heterocycles. The second-order valence-electron chi connectivity index (χ2n) is 6.26. The SMILES string of the molecule is CCCCS(=O)(=O)N1CCC(C(=O)NC(C)(C)C(=O)O)CC1. The van der Waals surface area contributed by atoms with Crippen molar-refractivity contribution in [3.8, 4) is 0 Å². The zero-order valence-corrected chi connectivity index (χ0v) is 14.3. The van der Waals surface area contributed by atoms with Crippen molar-refractivity contribution in [2.24, 2.45) is 5.92 Å². The highest BCUT2D eigenvalue weighted by Crippen LogP contribution is 2.21. The van der Waals surface area contributed by atoms with Crippen LogP contribution in [0.25, 0.3) is 0 Å². The van der Waals surface area contributed by atoms with Gasteiger partial charge >= 0.3 is 5.97 Å². The molecule has 0 radical (unpaired) electrons. The third kappa shape index (κ3) is 4.95. The maximum atomic E-state index is 12.1. The van der Waals surface area contributed by atoms with Crippen molar-refractivity contribution in [2.45, 2.75) is 52.0 Å². The molecule has 0 aliphatic carbocycles. The Morgan fingerprint density at radius 2 is 1.82 bits per heavy atom. The van der Waals surface area contributed by atoms with Crippen molar-refractivity contribution in [1.29, 1.82) is 0 Å². The van der Waals surface area contributed by atoms with Crippen LogP contribution in [-0.4, -0.2) is 54.1 Å². The minimum atomic E-state index is -3.24. The van der Waals surface area contributed by atoms with Crippen molar-refractivity contribution in [3.63, 3.8) is 0 Å². The molecular weight excluding hydrogens is 308 g/mol. The second kappa shape index (κ2) is 7.41. The number of nitrogens with zero attached hydrogens (tertiary/aromatic N) is 1. The number of piperidine rings is 1. The molecule has 1 aliphatic rings. The van der Waals surface area contributed by atoms with Gasteiger partial charge < -0.3 is 10.4 Å². The highest BCUT2D eigenvalue weighted by molar-refractivity contribution is 7.89. The quantitative estimate of drug-likeness (QED) is 0.717. The second-order valence-corrected chi connectivity index (χ2v) is 8.35. The molecule has 1 amide bonds. The van der Waals surface area contributed by atoms with E-state index in [4.69, 9.17) is 5.11 Å². The Balaban J connectivity index is 2.55. The van der Waals surface area contributed by atoms with Gasteiger partial charge in [0, 0.05) is 19.0 Å². The van der Waals surface area contributed by atoms with Gasteiger partial charge in [-0.15, -0.1) is 0 Å². The third-order valence-corrected chi connectivity index (χ3v) is 5.90. The van der Waals surface area contributed by atoms with Crippen LogP contribution in [0.15, 0.2) is 0 Å². The normalized spacial score (nSPS) is 18.1. The molecule has 22 heavy (non-hydrogen) atoms. The lowest BCUT2D eigenvalue weighted by Gasteiger charge is -2.32. The van der Waals surface area contributed by atoms with Crippen LogP contribution in [0.3, 0.4) is 0 Å². The molecule has 2 N–H and O–H groups in total. The van der Waals surface area contributed by atoms with E-state index in [0.29, 0.717) is 32.4 Å². The van der Waals surface area contributed by atoms with Gasteiger partial charge in [0.1, 0.15) is 5.54 Å². The summed E-state index contributed by atoms with van der Waals surface area (Å²) in [5.41, 5.74) is -1.32. The van der Waals surface area contributed by atoms with Gasteiger partial charge in [0.15, 0.2) is 0 Å². The van der Waals surface area contributed by atoms with E-state index in [-0.39, 0.29) is 17.6 Å². The molecule has 128 valence electrons. The predicted octanol–water partition coefficient (Wildman–Crippen LogP) is 0.808. The first kappa shape index (κ1) is 18.9. The van der Waals surface area contributed by atoms with Gasteiger partial charge in [-0.25, -0.2) is 17.5 Å². The van der Waals surface area contributed by atoms with E-state index < -0.39 is 21.5 Å². The minimum Gasteiger partial charge on any atom is -0.480 e. The Kier molecular flexibility index (Phi) is 6.37. The highest BCUT2D eigenvalue weighted by atomic mass is 32.2. The van der Waals surface area contributed by atoms with Crippen LogP contribution in [0.1, 0.15) is 46.5 Å². The summed E-state index contributed by atoms with van der Waals surface area (Å²) in [5.74, 6) is -1.61. The minimum absolute atomic E-state index is 0.145. The Morgan fingerprint density at radius 1 is 1.27 bits per heavy atom. The Bertz CT molecular complexity index is 507. The van der Waals surface area contributed by atoms with Crippen LogP contribution in [0.5, 0.6) is 0 Å². The Morgan fingerprint density at radius 3 is 2.27 bits per heavy atom. The van der Waals surface area contributed by atoms with Crippen LogP contribution in [0, 0.1) is 5.92 Å². The van der Waals surface area contributed by atoms with E-state index >= 15 is 0 Å². The molecule has 0 aromatic heterocycles. The van der Waals surface area contributed by atoms with Crippen molar-refractivity contribution in [2.75, 3.05) is 18.8 Å². The third-order valence-electron chi connectivity index (χ3n) is 3.94. The molecular formula is C14H26N2O5S. The molecule has 0 bridgehead atoms. The van der Waals surface area contributed by atoms with Crippen LogP contribution < -0.4 is 5.32 Å². The molecule has 1 fully saturated rings. The summed E-state index contributed by atoms with van der Waals surface area (Å²) in [6.07, 6.45) is 2.30. The number of hydrogen-bond donors (Lipinski definition) is 2. The predicted molar refractivity (Wildman–Crippen MR) is 82.8 cm³/mol. The monoisotopic (exact) mass is 334 g/mol. The first-order valence-corrected chi connectivity index (χ1v) is 9.24. The summed E-state index contributed by atoms with van der Waals surface area (Å²) in [6, 6.07) is 0.